The molecular weight excluding hydrogens is 437 g/mol. The Kier molecular flexibility index (Phi) is 8.73. The number of amides is 2. The maximum Gasteiger partial charge on any atom is 0.341 e. The minimum absolute atomic E-state index is 0.344. The van der Waals surface area contributed by atoms with Crippen LogP contribution in [0, 0.1) is 18.7 Å². The molecule has 0 aliphatic heterocycles. The molecule has 0 bridgehead atoms. The van der Waals surface area contributed by atoms with Crippen molar-refractivity contribution in [3.63, 3.8) is 0 Å². The predicted molar refractivity (Wildman–Crippen MR) is 132 cm³/mol. The first-order chi connectivity index (χ1) is 16.2. The third kappa shape index (κ3) is 7.10. The maximum atomic E-state index is 13.7. The average Bonchev–Trinajstić information content (AvgIpc) is 2.79. The maximum absolute atomic E-state index is 13.7. The molecule has 2 aromatic rings. The molecule has 0 atom stereocenters. The molecule has 1 saturated carbocycles. The number of aliphatic carboxylic acids is 1. The molecule has 1 aliphatic rings. The van der Waals surface area contributed by atoms with E-state index in [1.165, 1.54) is 31.4 Å². The zero-order valence-corrected chi connectivity index (χ0v) is 20.1. The molecule has 2 aromatic carbocycles. The van der Waals surface area contributed by atoms with Gasteiger partial charge in [0.2, 0.25) is 0 Å². The number of halogens is 1. The lowest BCUT2D eigenvalue weighted by atomic mass is 9.93. The predicted octanol–water partition coefficient (Wildman–Crippen LogP) is 6.04. The van der Waals surface area contributed by atoms with E-state index in [4.69, 9.17) is 9.84 Å². The molecule has 0 radical (unpaired) electrons. The number of hydrogen-bond acceptors (Lipinski definition) is 4. The minimum atomic E-state index is -1.08. The van der Waals surface area contributed by atoms with Crippen LogP contribution in [0.5, 0.6) is 5.75 Å². The van der Waals surface area contributed by atoms with Crippen LogP contribution in [-0.2, 0) is 4.79 Å². The van der Waals surface area contributed by atoms with Crippen LogP contribution >= 0.6 is 0 Å². The second-order valence-corrected chi connectivity index (χ2v) is 9.24. The van der Waals surface area contributed by atoms with E-state index in [-0.39, 0.29) is 0 Å². The summed E-state index contributed by atoms with van der Waals surface area (Å²) in [6.07, 6.45) is 5.73. The van der Waals surface area contributed by atoms with E-state index in [2.05, 4.69) is 29.4 Å². The minimum Gasteiger partial charge on any atom is -0.482 e. The molecule has 0 spiro atoms. The number of nitrogens with zero attached hydrogens (tertiary/aromatic N) is 1. The highest BCUT2D eigenvalue weighted by Gasteiger charge is 2.25. The fraction of sp³-hybridized carbons (Fsp3) is 0.462. The Morgan fingerprint density at radius 1 is 1.09 bits per heavy atom. The zero-order chi connectivity index (χ0) is 24.7. The highest BCUT2D eigenvalue weighted by Crippen LogP contribution is 2.36. The van der Waals surface area contributed by atoms with Gasteiger partial charge in [0, 0.05) is 24.3 Å². The van der Waals surface area contributed by atoms with Crippen LogP contribution in [-0.4, -0.2) is 36.3 Å². The standard InChI is InChI=1S/C26H34FN3O4/c1-17(2)15-30(20-7-5-4-6-8-20)24-12-11-21(34-16-25(31)32)14-23(24)29-26(33)28-22-13-19(27)10-9-18(22)3/h9-14,17,20H,4-8,15-16H2,1-3H3,(H,31,32)(H2,28,29,33). The molecule has 7 nitrogen and oxygen atoms in total. The fourth-order valence-electron chi connectivity index (χ4n) is 4.34. The SMILES string of the molecule is Cc1ccc(F)cc1NC(=O)Nc1cc(OCC(=O)O)ccc1N(CC(C)C)C1CCCCC1. The molecule has 0 unspecified atom stereocenters. The van der Waals surface area contributed by atoms with Crippen molar-refractivity contribution >= 4 is 29.1 Å². The molecule has 34 heavy (non-hydrogen) atoms. The summed E-state index contributed by atoms with van der Waals surface area (Å²) in [5, 5.41) is 14.6. The highest BCUT2D eigenvalue weighted by atomic mass is 19.1. The number of ether oxygens (including phenoxy) is 1. The molecule has 8 heteroatoms. The summed E-state index contributed by atoms with van der Waals surface area (Å²) in [6.45, 7) is 6.44. The number of aryl methyl sites for hydroxylation is 1. The van der Waals surface area contributed by atoms with Crippen molar-refractivity contribution < 1.29 is 23.8 Å². The fourth-order valence-corrected chi connectivity index (χ4v) is 4.34. The molecule has 0 heterocycles. The van der Waals surface area contributed by atoms with Crippen molar-refractivity contribution in [3.05, 3.63) is 47.8 Å². The quantitative estimate of drug-likeness (QED) is 0.415. The number of rotatable bonds is 9. The van der Waals surface area contributed by atoms with E-state index >= 15 is 0 Å². The van der Waals surface area contributed by atoms with Gasteiger partial charge in [-0.05, 0) is 55.5 Å². The van der Waals surface area contributed by atoms with Crippen molar-refractivity contribution in [2.24, 2.45) is 5.92 Å². The number of carboxylic acid groups (broad SMARTS) is 1. The molecule has 0 aromatic heterocycles. The highest BCUT2D eigenvalue weighted by molar-refractivity contribution is 6.02. The Balaban J connectivity index is 1.91. The topological polar surface area (TPSA) is 90.9 Å². The Morgan fingerprint density at radius 2 is 1.79 bits per heavy atom. The average molecular weight is 472 g/mol. The summed E-state index contributed by atoms with van der Waals surface area (Å²) in [6, 6.07) is 9.31. The van der Waals surface area contributed by atoms with Gasteiger partial charge in [-0.1, -0.05) is 39.2 Å². The zero-order valence-electron chi connectivity index (χ0n) is 20.1. The Labute approximate surface area is 200 Å². The molecule has 3 N–H and O–H groups in total. The van der Waals surface area contributed by atoms with Crippen LogP contribution in [0.4, 0.5) is 26.2 Å². The summed E-state index contributed by atoms with van der Waals surface area (Å²) < 4.78 is 19.0. The molecule has 1 fully saturated rings. The van der Waals surface area contributed by atoms with E-state index in [9.17, 15) is 14.0 Å². The smallest absolute Gasteiger partial charge is 0.341 e. The van der Waals surface area contributed by atoms with Gasteiger partial charge in [-0.2, -0.15) is 0 Å². The van der Waals surface area contributed by atoms with Crippen LogP contribution in [0.15, 0.2) is 36.4 Å². The van der Waals surface area contributed by atoms with Gasteiger partial charge in [-0.25, -0.2) is 14.0 Å². The van der Waals surface area contributed by atoms with Gasteiger partial charge in [0.25, 0.3) is 0 Å². The summed E-state index contributed by atoms with van der Waals surface area (Å²) >= 11 is 0. The molecule has 0 saturated heterocycles. The van der Waals surface area contributed by atoms with Crippen molar-refractivity contribution in [3.8, 4) is 5.75 Å². The lowest BCUT2D eigenvalue weighted by Gasteiger charge is -2.38. The van der Waals surface area contributed by atoms with Gasteiger partial charge >= 0.3 is 12.0 Å². The largest absolute Gasteiger partial charge is 0.482 e. The van der Waals surface area contributed by atoms with Crippen LogP contribution in [0.3, 0.4) is 0 Å². The van der Waals surface area contributed by atoms with Crippen molar-refractivity contribution in [2.75, 3.05) is 28.7 Å². The lowest BCUT2D eigenvalue weighted by Crippen LogP contribution is -2.40. The lowest BCUT2D eigenvalue weighted by molar-refractivity contribution is -0.139. The van der Waals surface area contributed by atoms with E-state index in [1.54, 1.807) is 25.1 Å². The number of carbonyl (C=O) groups excluding carboxylic acids is 1. The molecule has 1 aliphatic carbocycles. The third-order valence-electron chi connectivity index (χ3n) is 5.91. The first-order valence-electron chi connectivity index (χ1n) is 11.8. The van der Waals surface area contributed by atoms with Gasteiger partial charge in [0.1, 0.15) is 11.6 Å². The normalized spacial score (nSPS) is 14.0. The number of carboxylic acids is 1. The van der Waals surface area contributed by atoms with Crippen molar-refractivity contribution in [1.29, 1.82) is 0 Å². The number of urea groups is 1. The van der Waals surface area contributed by atoms with Crippen LogP contribution < -0.4 is 20.3 Å². The molecule has 2 amide bonds. The number of benzene rings is 2. The second kappa shape index (κ2) is 11.7. The van der Waals surface area contributed by atoms with Gasteiger partial charge in [0.15, 0.2) is 6.61 Å². The Hall–Kier alpha value is -3.29. The first-order valence-corrected chi connectivity index (χ1v) is 11.8. The van der Waals surface area contributed by atoms with Gasteiger partial charge < -0.3 is 25.4 Å². The van der Waals surface area contributed by atoms with Gasteiger partial charge in [0.05, 0.1) is 11.4 Å². The number of nitrogens with one attached hydrogen (secondary N) is 2. The van der Waals surface area contributed by atoms with E-state index in [0.717, 1.165) is 30.6 Å². The number of hydrogen-bond donors (Lipinski definition) is 3. The Bertz CT molecular complexity index is 1010. The van der Waals surface area contributed by atoms with Crippen molar-refractivity contribution in [1.82, 2.24) is 0 Å². The number of carbonyl (C=O) groups is 2. The summed E-state index contributed by atoms with van der Waals surface area (Å²) in [5.41, 5.74) is 2.48. The van der Waals surface area contributed by atoms with Crippen LogP contribution in [0.2, 0.25) is 0 Å². The van der Waals surface area contributed by atoms with Crippen molar-refractivity contribution in [2.45, 2.75) is 58.9 Å². The Morgan fingerprint density at radius 3 is 2.47 bits per heavy atom. The van der Waals surface area contributed by atoms with Gasteiger partial charge in [-0.15, -0.1) is 0 Å². The monoisotopic (exact) mass is 471 g/mol. The van der Waals surface area contributed by atoms with E-state index in [0.29, 0.717) is 29.1 Å². The van der Waals surface area contributed by atoms with Gasteiger partial charge in [-0.3, -0.25) is 0 Å². The van der Waals surface area contributed by atoms with E-state index < -0.39 is 24.4 Å². The summed E-state index contributed by atoms with van der Waals surface area (Å²) in [5.74, 6) is -0.773. The molecule has 184 valence electrons. The summed E-state index contributed by atoms with van der Waals surface area (Å²) in [4.78, 5) is 26.2. The van der Waals surface area contributed by atoms with Crippen LogP contribution in [0.25, 0.3) is 0 Å². The molecule has 3 rings (SSSR count). The first kappa shape index (κ1) is 25.3. The number of anilines is 3. The van der Waals surface area contributed by atoms with Crippen LogP contribution in [0.1, 0.15) is 51.5 Å². The van der Waals surface area contributed by atoms with E-state index in [1.807, 2.05) is 6.07 Å². The summed E-state index contributed by atoms with van der Waals surface area (Å²) in [7, 11) is 0. The molecular formula is C26H34FN3O4. The third-order valence-corrected chi connectivity index (χ3v) is 5.91. The second-order valence-electron chi connectivity index (χ2n) is 9.24.